The first-order chi connectivity index (χ1) is 26.3. The predicted octanol–water partition coefficient (Wildman–Crippen LogP) is 10.9. The summed E-state index contributed by atoms with van der Waals surface area (Å²) < 4.78 is 123. The van der Waals surface area contributed by atoms with Gasteiger partial charge in [0, 0.05) is 19.5 Å². The van der Waals surface area contributed by atoms with Crippen LogP contribution in [0.4, 0.5) is 40.1 Å². The summed E-state index contributed by atoms with van der Waals surface area (Å²) in [6.07, 6.45) is -6.60. The van der Waals surface area contributed by atoms with Crippen LogP contribution in [0.15, 0.2) is 47.2 Å². The summed E-state index contributed by atoms with van der Waals surface area (Å²) in [4.78, 5) is 10.9. The van der Waals surface area contributed by atoms with Gasteiger partial charge in [-0.1, -0.05) is 0 Å². The first kappa shape index (κ1) is 41.3. The summed E-state index contributed by atoms with van der Waals surface area (Å²) in [5.74, 6) is -0.892. The van der Waals surface area contributed by atoms with E-state index in [1.54, 1.807) is 30.1 Å². The molecule has 7 rings (SSSR count). The van der Waals surface area contributed by atoms with E-state index < -0.39 is 35.1 Å². The van der Waals surface area contributed by atoms with Crippen LogP contribution in [0.2, 0.25) is 0 Å². The van der Waals surface area contributed by atoms with Gasteiger partial charge in [0.05, 0.1) is 28.9 Å². The third-order valence-electron chi connectivity index (χ3n) is 9.48. The van der Waals surface area contributed by atoms with Crippen molar-refractivity contribution in [1.82, 2.24) is 33.9 Å². The van der Waals surface area contributed by atoms with Gasteiger partial charge in [0.15, 0.2) is 5.82 Å². The Labute approximate surface area is 329 Å². The minimum atomic E-state index is -4.81. The molecule has 4 heterocycles. The first-order valence-corrected chi connectivity index (χ1v) is 19.2. The molecule has 5 aromatic rings. The van der Waals surface area contributed by atoms with Crippen LogP contribution in [0.5, 0.6) is 23.5 Å². The lowest BCUT2D eigenvalue weighted by atomic mass is 9.82. The van der Waals surface area contributed by atoms with E-state index in [-0.39, 0.29) is 40.3 Å². The maximum absolute atomic E-state index is 13.7. The second kappa shape index (κ2) is 16.3. The highest BCUT2D eigenvalue weighted by Crippen LogP contribution is 2.45. The van der Waals surface area contributed by atoms with Crippen LogP contribution in [-0.2, 0) is 18.8 Å². The lowest BCUT2D eigenvalue weighted by Gasteiger charge is -2.38. The third-order valence-corrected chi connectivity index (χ3v) is 10.8. The van der Waals surface area contributed by atoms with Crippen LogP contribution in [0.3, 0.4) is 0 Å². The van der Waals surface area contributed by atoms with Gasteiger partial charge in [0.25, 0.3) is 0 Å². The predicted molar refractivity (Wildman–Crippen MR) is 194 cm³/mol. The maximum Gasteiger partial charge on any atom is 0.419 e. The van der Waals surface area contributed by atoms with E-state index in [9.17, 15) is 35.1 Å². The summed E-state index contributed by atoms with van der Waals surface area (Å²) in [5.41, 5.74) is -1.72. The SMILES string of the molecule is CC(C)n1nc(Br)nc1Oc1ccc(F)c(C(F)(F)F)c1.Cc1cc(N2C[C@H]3CC[C@@H](C2)C3Cc2nc(Oc3ccc(F)c(C(F)(F)F)c3)n(C(C)C)n2)sn1. The Balaban J connectivity index is 0.000000217. The quantitative estimate of drug-likeness (QED) is 0.135. The highest BCUT2D eigenvalue weighted by atomic mass is 79.9. The smallest absolute Gasteiger partial charge is 0.419 e. The molecule has 2 aliphatic rings. The standard InChI is InChI=1S/C24H27F4N5OS.C12H10BrF4N3O/c1-13(2)33-23(34-17-6-7-20(25)19(9-17)24(26,27)28)29-21(30-33)10-18-15-4-5-16(18)12-32(11-15)22-8-14(3)31-35-22;1-6(2)20-11(18-10(13)19-20)21-7-3-4-9(14)8(5-7)12(15,16)17/h6-9,13,15-16,18H,4-5,10-12H2,1-3H3;3-6H,1-2H3/t15-,16+,18?;. The number of aryl methyl sites for hydroxylation is 1. The zero-order chi connectivity index (χ0) is 40.7. The molecule has 10 nitrogen and oxygen atoms in total. The molecule has 0 radical (unpaired) electrons. The van der Waals surface area contributed by atoms with Crippen LogP contribution in [0, 0.1) is 36.3 Å². The summed E-state index contributed by atoms with van der Waals surface area (Å²) in [6, 6.07) is 7.00. The Bertz CT molecular complexity index is 2140. The van der Waals surface area contributed by atoms with E-state index >= 15 is 0 Å². The summed E-state index contributed by atoms with van der Waals surface area (Å²) in [7, 11) is 0. The zero-order valence-corrected chi connectivity index (χ0v) is 33.1. The lowest BCUT2D eigenvalue weighted by Crippen LogP contribution is -2.42. The number of rotatable bonds is 9. The molecule has 2 aromatic carbocycles. The monoisotopic (exact) mass is 876 g/mol. The van der Waals surface area contributed by atoms with Crippen LogP contribution in [0.25, 0.3) is 0 Å². The van der Waals surface area contributed by atoms with Crippen LogP contribution in [-0.4, -0.2) is 47.0 Å². The molecular weight excluding hydrogens is 840 g/mol. The Kier molecular flexibility index (Phi) is 12.0. The van der Waals surface area contributed by atoms with Crippen molar-refractivity contribution in [3.63, 3.8) is 0 Å². The number of hydrogen-bond acceptors (Lipinski definition) is 9. The van der Waals surface area contributed by atoms with Gasteiger partial charge in [-0.05, 0) is 135 Å². The Morgan fingerprint density at radius 2 is 1.27 bits per heavy atom. The zero-order valence-electron chi connectivity index (χ0n) is 30.7. The number of alkyl halides is 6. The molecule has 3 atom stereocenters. The van der Waals surface area contributed by atoms with E-state index in [1.165, 1.54) is 15.7 Å². The number of ether oxygens (including phenoxy) is 2. The normalized spacial score (nSPS) is 18.4. The van der Waals surface area contributed by atoms with Gasteiger partial charge in [-0.15, -0.1) is 5.10 Å². The highest BCUT2D eigenvalue weighted by Gasteiger charge is 2.43. The fourth-order valence-corrected chi connectivity index (χ4v) is 7.97. The van der Waals surface area contributed by atoms with Crippen molar-refractivity contribution in [3.05, 3.63) is 81.5 Å². The van der Waals surface area contributed by atoms with E-state index in [2.05, 4.69) is 51.4 Å². The third kappa shape index (κ3) is 9.44. The molecular formula is C36H37BrF8N8O2S. The number of anilines is 1. The molecule has 20 heteroatoms. The summed E-state index contributed by atoms with van der Waals surface area (Å²) >= 11 is 4.60. The molecule has 2 bridgehead atoms. The number of aromatic nitrogens is 7. The van der Waals surface area contributed by atoms with E-state index in [0.29, 0.717) is 48.2 Å². The minimum absolute atomic E-state index is 0.0107. The number of nitrogens with zero attached hydrogens (tertiary/aromatic N) is 8. The molecule has 0 N–H and O–H groups in total. The van der Waals surface area contributed by atoms with Crippen molar-refractivity contribution < 1.29 is 44.6 Å². The molecule has 2 fully saturated rings. The van der Waals surface area contributed by atoms with Gasteiger partial charge in [-0.25, -0.2) is 18.1 Å². The van der Waals surface area contributed by atoms with Crippen molar-refractivity contribution in [2.75, 3.05) is 18.0 Å². The van der Waals surface area contributed by atoms with E-state index in [1.807, 2.05) is 20.8 Å². The van der Waals surface area contributed by atoms with Gasteiger partial charge in [-0.2, -0.15) is 45.8 Å². The maximum atomic E-state index is 13.7. The fourth-order valence-electron chi connectivity index (χ4n) is 6.87. The van der Waals surface area contributed by atoms with Crippen molar-refractivity contribution in [2.24, 2.45) is 17.8 Å². The molecule has 3 aromatic heterocycles. The molecule has 1 aliphatic heterocycles. The van der Waals surface area contributed by atoms with E-state index in [4.69, 9.17) is 9.47 Å². The molecule has 1 saturated heterocycles. The number of piperidine rings is 1. The second-order valence-corrected chi connectivity index (χ2v) is 15.7. The topological polar surface area (TPSA) is 96.0 Å². The van der Waals surface area contributed by atoms with Gasteiger partial charge < -0.3 is 14.4 Å². The molecule has 0 spiro atoms. The van der Waals surface area contributed by atoms with Gasteiger partial charge in [-0.3, -0.25) is 0 Å². The van der Waals surface area contributed by atoms with Gasteiger partial charge in [0.1, 0.15) is 28.1 Å². The number of fused-ring (bicyclic) bond motifs is 2. The number of benzene rings is 2. The Hall–Kier alpha value is -4.33. The molecule has 56 heavy (non-hydrogen) atoms. The Morgan fingerprint density at radius 3 is 1.73 bits per heavy atom. The highest BCUT2D eigenvalue weighted by molar-refractivity contribution is 9.10. The number of hydrogen-bond donors (Lipinski definition) is 0. The second-order valence-electron chi connectivity index (χ2n) is 14.2. The molecule has 1 saturated carbocycles. The first-order valence-electron chi connectivity index (χ1n) is 17.6. The summed E-state index contributed by atoms with van der Waals surface area (Å²) in [6.45, 7) is 11.4. The molecule has 1 unspecified atom stereocenters. The average molecular weight is 878 g/mol. The van der Waals surface area contributed by atoms with Crippen LogP contribution < -0.4 is 14.4 Å². The average Bonchev–Trinajstić information content (AvgIpc) is 3.87. The largest absolute Gasteiger partial charge is 0.424 e. The number of halogens is 9. The van der Waals surface area contributed by atoms with Gasteiger partial charge >= 0.3 is 24.4 Å². The molecule has 0 amide bonds. The molecule has 302 valence electrons. The van der Waals surface area contributed by atoms with Crippen molar-refractivity contribution in [1.29, 1.82) is 0 Å². The van der Waals surface area contributed by atoms with E-state index in [0.717, 1.165) is 43.8 Å². The van der Waals surface area contributed by atoms with Gasteiger partial charge in [0.2, 0.25) is 4.73 Å². The van der Waals surface area contributed by atoms with Crippen molar-refractivity contribution >= 4 is 32.5 Å². The summed E-state index contributed by atoms with van der Waals surface area (Å²) in [5, 5.41) is 9.84. The van der Waals surface area contributed by atoms with Crippen molar-refractivity contribution in [3.8, 4) is 23.5 Å². The molecule has 1 aliphatic carbocycles. The van der Waals surface area contributed by atoms with Crippen LogP contribution in [0.1, 0.15) is 75.3 Å². The van der Waals surface area contributed by atoms with Crippen LogP contribution >= 0.6 is 27.5 Å². The Morgan fingerprint density at radius 1 is 0.768 bits per heavy atom. The minimum Gasteiger partial charge on any atom is -0.424 e. The lowest BCUT2D eigenvalue weighted by molar-refractivity contribution is -0.140. The fraction of sp³-hybridized carbons (Fsp3) is 0.472. The van der Waals surface area contributed by atoms with Crippen molar-refractivity contribution in [2.45, 2.75) is 78.3 Å².